The minimum Gasteiger partial charge on any atom is -0.342 e. The highest BCUT2D eigenvalue weighted by atomic mass is 32.2. The van der Waals surface area contributed by atoms with Crippen molar-refractivity contribution in [2.45, 2.75) is 38.3 Å². The van der Waals surface area contributed by atoms with Crippen molar-refractivity contribution in [3.05, 3.63) is 17.5 Å². The Labute approximate surface area is 136 Å². The van der Waals surface area contributed by atoms with Crippen LogP contribution in [0.15, 0.2) is 11.2 Å². The number of aromatic nitrogens is 2. The summed E-state index contributed by atoms with van der Waals surface area (Å²) in [6.07, 6.45) is 3.53. The van der Waals surface area contributed by atoms with Gasteiger partial charge in [0.2, 0.25) is 5.91 Å². The van der Waals surface area contributed by atoms with Gasteiger partial charge in [-0.3, -0.25) is 4.79 Å². The summed E-state index contributed by atoms with van der Waals surface area (Å²) in [6, 6.07) is 1.95. The van der Waals surface area contributed by atoms with Gasteiger partial charge in [0, 0.05) is 31.0 Å². The molecule has 2 fully saturated rings. The third kappa shape index (κ3) is 3.60. The molecule has 2 aliphatic heterocycles. The first kappa shape index (κ1) is 15.7. The van der Waals surface area contributed by atoms with Crippen LogP contribution in [-0.4, -0.2) is 52.7 Å². The van der Waals surface area contributed by atoms with E-state index in [-0.39, 0.29) is 5.91 Å². The quantitative estimate of drug-likeness (QED) is 0.680. The maximum atomic E-state index is 12.4. The van der Waals surface area contributed by atoms with Gasteiger partial charge in [0.05, 0.1) is 5.75 Å². The highest BCUT2D eigenvalue weighted by molar-refractivity contribution is 7.99. The first-order valence-corrected chi connectivity index (χ1v) is 8.99. The zero-order valence-electron chi connectivity index (χ0n) is 13.4. The van der Waals surface area contributed by atoms with Crippen molar-refractivity contribution >= 4 is 17.7 Å². The lowest BCUT2D eigenvalue weighted by molar-refractivity contribution is -0.130. The van der Waals surface area contributed by atoms with Gasteiger partial charge in [-0.2, -0.15) is 0 Å². The summed E-state index contributed by atoms with van der Waals surface area (Å²) < 4.78 is 0. The molecule has 6 heteroatoms. The molecule has 1 amide bonds. The van der Waals surface area contributed by atoms with E-state index >= 15 is 0 Å². The van der Waals surface area contributed by atoms with E-state index in [0.29, 0.717) is 16.3 Å². The van der Waals surface area contributed by atoms with Crippen LogP contribution >= 0.6 is 11.8 Å². The Hall–Kier alpha value is -1.14. The Kier molecular flexibility index (Phi) is 4.68. The normalized spacial score (nSPS) is 20.5. The first-order chi connectivity index (χ1) is 10.6. The van der Waals surface area contributed by atoms with E-state index in [9.17, 15) is 4.79 Å². The number of thioether (sulfide) groups is 1. The van der Waals surface area contributed by atoms with Gasteiger partial charge in [-0.05, 0) is 51.1 Å². The molecule has 0 aromatic carbocycles. The van der Waals surface area contributed by atoms with Crippen molar-refractivity contribution in [3.63, 3.8) is 0 Å². The second kappa shape index (κ2) is 6.54. The molecule has 5 nitrogen and oxygen atoms in total. The zero-order chi connectivity index (χ0) is 15.6. The zero-order valence-corrected chi connectivity index (χ0v) is 14.2. The SMILES string of the molecule is Cc1cc(C)nc(SCC(=O)N2CCC3(CCNC3)CC2)n1. The topological polar surface area (TPSA) is 58.1 Å². The molecule has 3 rings (SSSR count). The average Bonchev–Trinajstić information content (AvgIpc) is 2.93. The van der Waals surface area contributed by atoms with E-state index in [2.05, 4.69) is 15.3 Å². The van der Waals surface area contributed by atoms with E-state index in [4.69, 9.17) is 0 Å². The summed E-state index contributed by atoms with van der Waals surface area (Å²) >= 11 is 1.45. The predicted octanol–water partition coefficient (Wildman–Crippen LogP) is 1.79. The molecule has 0 unspecified atom stereocenters. The van der Waals surface area contributed by atoms with Gasteiger partial charge in [0.1, 0.15) is 0 Å². The summed E-state index contributed by atoms with van der Waals surface area (Å²) in [5, 5.41) is 4.17. The molecular weight excluding hydrogens is 296 g/mol. The Morgan fingerprint density at radius 2 is 1.95 bits per heavy atom. The van der Waals surface area contributed by atoms with Gasteiger partial charge in [0.15, 0.2) is 5.16 Å². The highest BCUT2D eigenvalue weighted by Crippen LogP contribution is 2.37. The molecule has 0 radical (unpaired) electrons. The van der Waals surface area contributed by atoms with Crippen LogP contribution in [0.5, 0.6) is 0 Å². The lowest BCUT2D eigenvalue weighted by atomic mass is 9.78. The second-order valence-corrected chi connectivity index (χ2v) is 7.47. The Bertz CT molecular complexity index is 527. The van der Waals surface area contributed by atoms with Gasteiger partial charge >= 0.3 is 0 Å². The Morgan fingerprint density at radius 1 is 1.27 bits per heavy atom. The maximum Gasteiger partial charge on any atom is 0.233 e. The molecular formula is C16H24N4OS. The summed E-state index contributed by atoms with van der Waals surface area (Å²) in [4.78, 5) is 23.2. The number of carbonyl (C=O) groups is 1. The molecule has 22 heavy (non-hydrogen) atoms. The minimum absolute atomic E-state index is 0.216. The van der Waals surface area contributed by atoms with Crippen LogP contribution in [0.2, 0.25) is 0 Å². The summed E-state index contributed by atoms with van der Waals surface area (Å²) in [6.45, 7) is 7.97. The maximum absolute atomic E-state index is 12.4. The first-order valence-electron chi connectivity index (χ1n) is 8.00. The number of piperidine rings is 1. The van der Waals surface area contributed by atoms with Crippen LogP contribution in [0.1, 0.15) is 30.7 Å². The number of hydrogen-bond acceptors (Lipinski definition) is 5. The molecule has 3 heterocycles. The highest BCUT2D eigenvalue weighted by Gasteiger charge is 2.37. The van der Waals surface area contributed by atoms with Crippen LogP contribution < -0.4 is 5.32 Å². The van der Waals surface area contributed by atoms with E-state index in [1.165, 1.54) is 18.2 Å². The van der Waals surface area contributed by atoms with E-state index in [1.807, 2.05) is 24.8 Å². The molecule has 1 spiro atoms. The lowest BCUT2D eigenvalue weighted by Crippen LogP contribution is -2.44. The molecule has 1 N–H and O–H groups in total. The van der Waals surface area contributed by atoms with Crippen molar-refractivity contribution in [1.29, 1.82) is 0 Å². The number of hydrogen-bond donors (Lipinski definition) is 1. The molecule has 2 saturated heterocycles. The molecule has 0 saturated carbocycles. The number of nitrogens with one attached hydrogen (secondary N) is 1. The standard InChI is InChI=1S/C16H24N4OS/c1-12-9-13(2)19-15(18-12)22-10-14(21)20-7-4-16(5-8-20)3-6-17-11-16/h9,17H,3-8,10-11H2,1-2H3. The fraction of sp³-hybridized carbons (Fsp3) is 0.688. The van der Waals surface area contributed by atoms with Crippen LogP contribution in [0, 0.1) is 19.3 Å². The van der Waals surface area contributed by atoms with E-state index in [0.717, 1.165) is 50.4 Å². The fourth-order valence-electron chi connectivity index (χ4n) is 3.43. The van der Waals surface area contributed by atoms with Crippen molar-refractivity contribution < 1.29 is 4.79 Å². The monoisotopic (exact) mass is 320 g/mol. The van der Waals surface area contributed by atoms with Crippen LogP contribution in [-0.2, 0) is 4.79 Å². The molecule has 0 bridgehead atoms. The second-order valence-electron chi connectivity index (χ2n) is 6.53. The van der Waals surface area contributed by atoms with E-state index < -0.39 is 0 Å². The smallest absolute Gasteiger partial charge is 0.233 e. The number of likely N-dealkylation sites (tertiary alicyclic amines) is 1. The summed E-state index contributed by atoms with van der Waals surface area (Å²) in [5.41, 5.74) is 2.37. The molecule has 0 aliphatic carbocycles. The molecule has 2 aliphatic rings. The fourth-order valence-corrected chi connectivity index (χ4v) is 4.28. The number of amides is 1. The van der Waals surface area contributed by atoms with E-state index in [1.54, 1.807) is 0 Å². The van der Waals surface area contributed by atoms with Crippen LogP contribution in [0.4, 0.5) is 0 Å². The largest absolute Gasteiger partial charge is 0.342 e. The lowest BCUT2D eigenvalue weighted by Gasteiger charge is -2.38. The van der Waals surface area contributed by atoms with Gasteiger partial charge < -0.3 is 10.2 Å². The minimum atomic E-state index is 0.216. The van der Waals surface area contributed by atoms with Gasteiger partial charge in [0.25, 0.3) is 0 Å². The predicted molar refractivity (Wildman–Crippen MR) is 88.0 cm³/mol. The van der Waals surface area contributed by atoms with Crippen molar-refractivity contribution in [1.82, 2.24) is 20.2 Å². The molecule has 1 aromatic rings. The third-order valence-corrected chi connectivity index (χ3v) is 5.63. The number of rotatable bonds is 3. The molecule has 120 valence electrons. The van der Waals surface area contributed by atoms with Crippen molar-refractivity contribution in [2.75, 3.05) is 31.9 Å². The van der Waals surface area contributed by atoms with Gasteiger partial charge in [-0.1, -0.05) is 11.8 Å². The van der Waals surface area contributed by atoms with Crippen LogP contribution in [0.25, 0.3) is 0 Å². The number of carbonyl (C=O) groups excluding carboxylic acids is 1. The Morgan fingerprint density at radius 3 is 2.55 bits per heavy atom. The number of nitrogens with zero attached hydrogens (tertiary/aromatic N) is 3. The van der Waals surface area contributed by atoms with Gasteiger partial charge in [-0.15, -0.1) is 0 Å². The summed E-state index contributed by atoms with van der Waals surface area (Å²) in [5.74, 6) is 0.655. The Balaban J connectivity index is 1.50. The number of aryl methyl sites for hydroxylation is 2. The van der Waals surface area contributed by atoms with Crippen molar-refractivity contribution in [2.24, 2.45) is 5.41 Å². The summed E-state index contributed by atoms with van der Waals surface area (Å²) in [7, 11) is 0. The van der Waals surface area contributed by atoms with Crippen LogP contribution in [0.3, 0.4) is 0 Å². The van der Waals surface area contributed by atoms with Gasteiger partial charge in [-0.25, -0.2) is 9.97 Å². The molecule has 0 atom stereocenters. The average molecular weight is 320 g/mol. The third-order valence-electron chi connectivity index (χ3n) is 4.80. The van der Waals surface area contributed by atoms with Crippen molar-refractivity contribution in [3.8, 4) is 0 Å². The molecule has 1 aromatic heterocycles.